The van der Waals surface area contributed by atoms with Gasteiger partial charge in [-0.25, -0.2) is 0 Å². The van der Waals surface area contributed by atoms with Gasteiger partial charge >= 0.3 is 0 Å². The lowest BCUT2D eigenvalue weighted by Crippen LogP contribution is -2.47. The average molecular weight is 399 g/mol. The Kier molecular flexibility index (Phi) is 7.87. The minimum atomic E-state index is -0.665. The van der Waals surface area contributed by atoms with Crippen LogP contribution < -0.4 is 21.7 Å². The summed E-state index contributed by atoms with van der Waals surface area (Å²) >= 11 is 3.35. The summed E-state index contributed by atoms with van der Waals surface area (Å²) in [7, 11) is 0. The van der Waals surface area contributed by atoms with Crippen LogP contribution in [0.25, 0.3) is 0 Å². The highest BCUT2D eigenvalue weighted by Crippen LogP contribution is 2.19. The van der Waals surface area contributed by atoms with E-state index in [1.165, 1.54) is 0 Å². The van der Waals surface area contributed by atoms with Gasteiger partial charge < -0.3 is 21.7 Å². The Morgan fingerprint density at radius 1 is 1.12 bits per heavy atom. The van der Waals surface area contributed by atoms with Crippen LogP contribution >= 0.6 is 15.9 Å². The predicted octanol–water partition coefficient (Wildman–Crippen LogP) is 0.912. The first-order chi connectivity index (χ1) is 11.2. The quantitative estimate of drug-likeness (QED) is 0.546. The molecule has 0 unspecified atom stereocenters. The highest BCUT2D eigenvalue weighted by Gasteiger charge is 2.17. The fourth-order valence-corrected chi connectivity index (χ4v) is 2.27. The Labute approximate surface area is 149 Å². The van der Waals surface area contributed by atoms with Gasteiger partial charge in [-0.15, -0.1) is 0 Å². The molecule has 24 heavy (non-hydrogen) atoms. The number of amides is 3. The van der Waals surface area contributed by atoms with Crippen molar-refractivity contribution in [3.05, 3.63) is 28.2 Å². The van der Waals surface area contributed by atoms with E-state index in [2.05, 4.69) is 31.9 Å². The van der Waals surface area contributed by atoms with Crippen molar-refractivity contribution in [2.24, 2.45) is 11.7 Å². The zero-order valence-corrected chi connectivity index (χ0v) is 15.6. The van der Waals surface area contributed by atoms with Crippen LogP contribution in [-0.4, -0.2) is 36.9 Å². The summed E-state index contributed by atoms with van der Waals surface area (Å²) in [5, 5.41) is 7.59. The van der Waals surface area contributed by atoms with Crippen molar-refractivity contribution in [1.82, 2.24) is 10.6 Å². The number of hydrogen-bond acceptors (Lipinski definition) is 4. The number of benzene rings is 1. The number of nitrogens with two attached hydrogens (primary N) is 1. The van der Waals surface area contributed by atoms with E-state index in [0.29, 0.717) is 5.69 Å². The van der Waals surface area contributed by atoms with Gasteiger partial charge in [0.1, 0.15) is 0 Å². The van der Waals surface area contributed by atoms with Gasteiger partial charge in [0.15, 0.2) is 0 Å². The number of carbonyl (C=O) groups excluding carboxylic acids is 3. The molecule has 0 heterocycles. The van der Waals surface area contributed by atoms with E-state index in [1.807, 2.05) is 32.9 Å². The van der Waals surface area contributed by atoms with E-state index in [9.17, 15) is 14.4 Å². The van der Waals surface area contributed by atoms with Crippen LogP contribution in [0, 0.1) is 12.8 Å². The van der Waals surface area contributed by atoms with Crippen LogP contribution in [0.15, 0.2) is 22.7 Å². The van der Waals surface area contributed by atoms with Crippen LogP contribution in [0.4, 0.5) is 5.69 Å². The van der Waals surface area contributed by atoms with Gasteiger partial charge in [-0.2, -0.15) is 0 Å². The van der Waals surface area contributed by atoms with Gasteiger partial charge in [0.05, 0.1) is 19.1 Å². The Morgan fingerprint density at radius 3 is 2.33 bits per heavy atom. The molecule has 0 aliphatic heterocycles. The van der Waals surface area contributed by atoms with Crippen LogP contribution in [0.1, 0.15) is 19.4 Å². The fraction of sp³-hybridized carbons (Fsp3) is 0.438. The van der Waals surface area contributed by atoms with Crippen molar-refractivity contribution in [1.29, 1.82) is 0 Å². The molecule has 0 fully saturated rings. The average Bonchev–Trinajstić information content (AvgIpc) is 2.52. The second-order valence-electron chi connectivity index (χ2n) is 5.77. The van der Waals surface area contributed by atoms with Gasteiger partial charge in [0.25, 0.3) is 0 Å². The van der Waals surface area contributed by atoms with Gasteiger partial charge in [0.2, 0.25) is 17.7 Å². The summed E-state index contributed by atoms with van der Waals surface area (Å²) < 4.78 is 0.918. The third kappa shape index (κ3) is 6.67. The normalized spacial score (nSPS) is 11.8. The van der Waals surface area contributed by atoms with Crippen LogP contribution in [0.3, 0.4) is 0 Å². The summed E-state index contributed by atoms with van der Waals surface area (Å²) in [6, 6.07) is 4.80. The topological polar surface area (TPSA) is 113 Å². The molecule has 0 bridgehead atoms. The molecule has 1 aromatic carbocycles. The number of aryl methyl sites for hydroxylation is 1. The van der Waals surface area contributed by atoms with E-state index in [1.54, 1.807) is 6.07 Å². The monoisotopic (exact) mass is 398 g/mol. The Bertz CT molecular complexity index is 619. The third-order valence-corrected chi connectivity index (χ3v) is 3.85. The molecule has 1 atom stereocenters. The van der Waals surface area contributed by atoms with Crippen molar-refractivity contribution >= 4 is 39.3 Å². The van der Waals surface area contributed by atoms with Gasteiger partial charge in [-0.3, -0.25) is 14.4 Å². The molecular formula is C16H23BrN4O3. The summed E-state index contributed by atoms with van der Waals surface area (Å²) in [6.45, 7) is 5.11. The Hall–Kier alpha value is -1.93. The number of rotatable bonds is 7. The van der Waals surface area contributed by atoms with E-state index < -0.39 is 17.9 Å². The summed E-state index contributed by atoms with van der Waals surface area (Å²) in [5.74, 6) is -1.22. The maximum atomic E-state index is 11.8. The molecule has 1 aromatic rings. The van der Waals surface area contributed by atoms with Crippen LogP contribution in [-0.2, 0) is 14.4 Å². The molecule has 0 spiro atoms. The second-order valence-corrected chi connectivity index (χ2v) is 6.69. The standard InChI is InChI=1S/C16H23BrN4O3/c1-9(2)15(18)16(24)20-7-13(22)19-8-14(23)21-12-5-4-11(17)6-10(12)3/h4-6,9,15H,7-8,18H2,1-3H3,(H,19,22)(H,20,24)(H,21,23)/t15-/m0/s1. The van der Waals surface area contributed by atoms with Crippen molar-refractivity contribution in [3.8, 4) is 0 Å². The maximum absolute atomic E-state index is 11.8. The molecule has 7 nitrogen and oxygen atoms in total. The van der Waals surface area contributed by atoms with E-state index in [0.717, 1.165) is 10.0 Å². The molecule has 3 amide bonds. The summed E-state index contributed by atoms with van der Waals surface area (Å²) in [4.78, 5) is 35.1. The first kappa shape index (κ1) is 20.1. The molecule has 0 aromatic heterocycles. The molecule has 0 radical (unpaired) electrons. The van der Waals surface area contributed by atoms with Crippen molar-refractivity contribution in [3.63, 3.8) is 0 Å². The minimum Gasteiger partial charge on any atom is -0.346 e. The lowest BCUT2D eigenvalue weighted by atomic mass is 10.1. The van der Waals surface area contributed by atoms with Crippen LogP contribution in [0.2, 0.25) is 0 Å². The second kappa shape index (κ2) is 9.39. The van der Waals surface area contributed by atoms with Gasteiger partial charge in [-0.1, -0.05) is 29.8 Å². The number of nitrogens with one attached hydrogen (secondary N) is 3. The minimum absolute atomic E-state index is 0.0204. The zero-order chi connectivity index (χ0) is 18.3. The largest absolute Gasteiger partial charge is 0.346 e. The number of carbonyl (C=O) groups is 3. The molecule has 5 N–H and O–H groups in total. The molecule has 0 aliphatic rings. The molecule has 0 aliphatic carbocycles. The maximum Gasteiger partial charge on any atom is 0.243 e. The Morgan fingerprint density at radius 2 is 1.75 bits per heavy atom. The predicted molar refractivity (Wildman–Crippen MR) is 96.3 cm³/mol. The Balaban J connectivity index is 2.36. The number of hydrogen-bond donors (Lipinski definition) is 4. The molecule has 0 saturated carbocycles. The first-order valence-corrected chi connectivity index (χ1v) is 8.36. The van der Waals surface area contributed by atoms with E-state index in [-0.39, 0.29) is 24.9 Å². The smallest absolute Gasteiger partial charge is 0.243 e. The number of halogens is 1. The highest BCUT2D eigenvalue weighted by atomic mass is 79.9. The molecular weight excluding hydrogens is 376 g/mol. The van der Waals surface area contributed by atoms with Crippen LogP contribution in [0.5, 0.6) is 0 Å². The lowest BCUT2D eigenvalue weighted by molar-refractivity contribution is -0.127. The number of anilines is 1. The zero-order valence-electron chi connectivity index (χ0n) is 14.0. The fourth-order valence-electron chi connectivity index (χ4n) is 1.79. The van der Waals surface area contributed by atoms with Crippen molar-refractivity contribution < 1.29 is 14.4 Å². The summed E-state index contributed by atoms with van der Waals surface area (Å²) in [6.07, 6.45) is 0. The highest BCUT2D eigenvalue weighted by molar-refractivity contribution is 9.10. The first-order valence-electron chi connectivity index (χ1n) is 7.56. The lowest BCUT2D eigenvalue weighted by Gasteiger charge is -2.15. The SMILES string of the molecule is Cc1cc(Br)ccc1NC(=O)CNC(=O)CNC(=O)[C@@H](N)C(C)C. The van der Waals surface area contributed by atoms with E-state index in [4.69, 9.17) is 5.73 Å². The van der Waals surface area contributed by atoms with Gasteiger partial charge in [0, 0.05) is 10.2 Å². The summed E-state index contributed by atoms with van der Waals surface area (Å²) in [5.41, 5.74) is 7.24. The molecule has 1 rings (SSSR count). The molecule has 132 valence electrons. The van der Waals surface area contributed by atoms with Gasteiger partial charge in [-0.05, 0) is 36.6 Å². The molecule has 8 heteroatoms. The van der Waals surface area contributed by atoms with Crippen molar-refractivity contribution in [2.45, 2.75) is 26.8 Å². The third-order valence-electron chi connectivity index (χ3n) is 3.35. The molecule has 0 saturated heterocycles. The van der Waals surface area contributed by atoms with E-state index >= 15 is 0 Å². The van der Waals surface area contributed by atoms with Crippen molar-refractivity contribution in [2.75, 3.05) is 18.4 Å².